The van der Waals surface area contributed by atoms with Crippen LogP contribution in [0.25, 0.3) is 17.1 Å². The van der Waals surface area contributed by atoms with Crippen LogP contribution in [0.3, 0.4) is 0 Å². The number of rotatable bonds is 8. The van der Waals surface area contributed by atoms with Crippen molar-refractivity contribution in [1.29, 1.82) is 0 Å². The van der Waals surface area contributed by atoms with Crippen molar-refractivity contribution >= 4 is 23.9 Å². The molecule has 34 heavy (non-hydrogen) atoms. The van der Waals surface area contributed by atoms with Crippen LogP contribution in [-0.2, 0) is 4.79 Å². The van der Waals surface area contributed by atoms with Gasteiger partial charge in [0.2, 0.25) is 0 Å². The van der Waals surface area contributed by atoms with Crippen LogP contribution in [0.1, 0.15) is 11.1 Å². The third-order valence-corrected chi connectivity index (χ3v) is 5.86. The zero-order chi connectivity index (χ0) is 23.9. The van der Waals surface area contributed by atoms with E-state index in [1.54, 1.807) is 31.4 Å². The molecule has 4 rings (SSSR count). The highest BCUT2D eigenvalue weighted by atomic mass is 32.2. The Morgan fingerprint density at radius 2 is 1.82 bits per heavy atom. The number of phenols is 1. The van der Waals surface area contributed by atoms with Crippen molar-refractivity contribution in [1.82, 2.24) is 20.2 Å². The lowest BCUT2D eigenvalue weighted by molar-refractivity contribution is -0.118. The number of aryl methyl sites for hydroxylation is 1. The number of aromatic nitrogens is 3. The second-order valence-corrected chi connectivity index (χ2v) is 8.29. The highest BCUT2D eigenvalue weighted by Gasteiger charge is 2.17. The predicted molar refractivity (Wildman–Crippen MR) is 133 cm³/mol. The SMILES string of the molecule is COc1ccc(-n2c(SCC(=O)N/N=C\c3ccccc3O)nnc2-c2ccc(C)cc2)cc1. The van der Waals surface area contributed by atoms with Crippen molar-refractivity contribution in [3.63, 3.8) is 0 Å². The molecule has 0 fully saturated rings. The molecule has 4 aromatic rings. The van der Waals surface area contributed by atoms with Gasteiger partial charge in [-0.2, -0.15) is 5.10 Å². The highest BCUT2D eigenvalue weighted by molar-refractivity contribution is 7.99. The van der Waals surface area contributed by atoms with Crippen LogP contribution in [-0.4, -0.2) is 44.9 Å². The maximum atomic E-state index is 12.4. The number of hydrogen-bond donors (Lipinski definition) is 2. The van der Waals surface area contributed by atoms with Crippen molar-refractivity contribution in [3.8, 4) is 28.6 Å². The third kappa shape index (κ3) is 5.44. The van der Waals surface area contributed by atoms with Crippen LogP contribution in [0.2, 0.25) is 0 Å². The van der Waals surface area contributed by atoms with Crippen molar-refractivity contribution < 1.29 is 14.6 Å². The average Bonchev–Trinajstić information content (AvgIpc) is 3.28. The molecule has 0 aliphatic heterocycles. The van der Waals surface area contributed by atoms with Gasteiger partial charge >= 0.3 is 0 Å². The highest BCUT2D eigenvalue weighted by Crippen LogP contribution is 2.29. The summed E-state index contributed by atoms with van der Waals surface area (Å²) in [5.41, 5.74) is 5.90. The Morgan fingerprint density at radius 1 is 1.09 bits per heavy atom. The van der Waals surface area contributed by atoms with Gasteiger partial charge in [0.25, 0.3) is 5.91 Å². The number of aromatic hydroxyl groups is 1. The summed E-state index contributed by atoms with van der Waals surface area (Å²) in [5, 5.41) is 23.0. The molecule has 0 spiro atoms. The van der Waals surface area contributed by atoms with Crippen molar-refractivity contribution in [2.24, 2.45) is 5.10 Å². The first-order chi connectivity index (χ1) is 16.5. The minimum absolute atomic E-state index is 0.0836. The first-order valence-electron chi connectivity index (χ1n) is 10.4. The fraction of sp³-hybridized carbons (Fsp3) is 0.120. The molecule has 0 aliphatic carbocycles. The lowest BCUT2D eigenvalue weighted by Crippen LogP contribution is -2.20. The van der Waals surface area contributed by atoms with Gasteiger partial charge in [0, 0.05) is 16.8 Å². The van der Waals surface area contributed by atoms with Gasteiger partial charge in [-0.25, -0.2) is 5.43 Å². The zero-order valence-corrected chi connectivity index (χ0v) is 19.5. The number of amides is 1. The number of thioether (sulfide) groups is 1. The van der Waals surface area contributed by atoms with E-state index in [0.717, 1.165) is 22.6 Å². The van der Waals surface area contributed by atoms with Gasteiger partial charge < -0.3 is 9.84 Å². The summed E-state index contributed by atoms with van der Waals surface area (Å²) in [6, 6.07) is 22.3. The third-order valence-electron chi connectivity index (χ3n) is 4.94. The summed E-state index contributed by atoms with van der Waals surface area (Å²) in [6.07, 6.45) is 1.40. The lowest BCUT2D eigenvalue weighted by Gasteiger charge is -2.11. The van der Waals surface area contributed by atoms with Crippen molar-refractivity contribution in [2.45, 2.75) is 12.1 Å². The van der Waals surface area contributed by atoms with E-state index < -0.39 is 0 Å². The second kappa shape index (κ2) is 10.7. The summed E-state index contributed by atoms with van der Waals surface area (Å²) in [7, 11) is 1.62. The summed E-state index contributed by atoms with van der Waals surface area (Å²) >= 11 is 1.25. The van der Waals surface area contributed by atoms with Gasteiger partial charge in [-0.05, 0) is 43.3 Å². The maximum Gasteiger partial charge on any atom is 0.250 e. The quantitative estimate of drug-likeness (QED) is 0.226. The number of carbonyl (C=O) groups is 1. The number of nitrogens with one attached hydrogen (secondary N) is 1. The molecular formula is C25H23N5O3S. The number of hydrazone groups is 1. The molecule has 0 saturated heterocycles. The van der Waals surface area contributed by atoms with Gasteiger partial charge in [-0.3, -0.25) is 9.36 Å². The van der Waals surface area contributed by atoms with Crippen LogP contribution in [0.15, 0.2) is 83.1 Å². The Kier molecular flexibility index (Phi) is 7.24. The number of nitrogens with zero attached hydrogens (tertiary/aromatic N) is 4. The van der Waals surface area contributed by atoms with Crippen LogP contribution in [0.4, 0.5) is 0 Å². The number of phenolic OH excluding ortho intramolecular Hbond substituents is 1. The van der Waals surface area contributed by atoms with E-state index in [1.165, 1.54) is 18.0 Å². The normalized spacial score (nSPS) is 11.0. The molecule has 0 bridgehead atoms. The standard InChI is InChI=1S/C25H23N5O3S/c1-17-7-9-18(10-8-17)24-28-29-25(30(24)20-11-13-21(33-2)14-12-20)34-16-23(32)27-26-15-19-5-3-4-6-22(19)31/h3-15,31H,16H2,1-2H3,(H,27,32)/b26-15-. The summed E-state index contributed by atoms with van der Waals surface area (Å²) < 4.78 is 7.18. The van der Waals surface area contributed by atoms with Gasteiger partial charge in [-0.15, -0.1) is 10.2 Å². The molecule has 1 aromatic heterocycles. The minimum atomic E-state index is -0.308. The van der Waals surface area contributed by atoms with Gasteiger partial charge in [0.1, 0.15) is 11.5 Å². The molecule has 3 aromatic carbocycles. The molecule has 0 saturated carbocycles. The van der Waals surface area contributed by atoms with Crippen molar-refractivity contribution in [3.05, 3.63) is 83.9 Å². The minimum Gasteiger partial charge on any atom is -0.507 e. The number of hydrogen-bond acceptors (Lipinski definition) is 7. The fourth-order valence-electron chi connectivity index (χ4n) is 3.15. The summed E-state index contributed by atoms with van der Waals surface area (Å²) in [6.45, 7) is 2.03. The Morgan fingerprint density at radius 3 is 2.53 bits per heavy atom. The molecule has 1 heterocycles. The Bertz CT molecular complexity index is 1300. The Hall–Kier alpha value is -4.11. The van der Waals surface area contributed by atoms with E-state index in [1.807, 2.05) is 60.0 Å². The molecular weight excluding hydrogens is 450 g/mol. The monoisotopic (exact) mass is 473 g/mol. The largest absolute Gasteiger partial charge is 0.507 e. The summed E-state index contributed by atoms with van der Waals surface area (Å²) in [4.78, 5) is 12.4. The fourth-order valence-corrected chi connectivity index (χ4v) is 3.89. The van der Waals surface area contributed by atoms with Gasteiger partial charge in [0.15, 0.2) is 11.0 Å². The van der Waals surface area contributed by atoms with Crippen LogP contribution in [0, 0.1) is 6.92 Å². The van der Waals surface area contributed by atoms with Crippen molar-refractivity contribution in [2.75, 3.05) is 12.9 Å². The molecule has 1 amide bonds. The van der Waals surface area contributed by atoms with Crippen LogP contribution in [0.5, 0.6) is 11.5 Å². The van der Waals surface area contributed by atoms with Crippen LogP contribution < -0.4 is 10.2 Å². The van der Waals surface area contributed by atoms with E-state index in [-0.39, 0.29) is 17.4 Å². The van der Waals surface area contributed by atoms with Gasteiger partial charge in [0.05, 0.1) is 19.1 Å². The molecule has 0 aliphatic rings. The number of benzene rings is 3. The zero-order valence-electron chi connectivity index (χ0n) is 18.7. The molecule has 0 unspecified atom stereocenters. The first-order valence-corrected chi connectivity index (χ1v) is 11.4. The smallest absolute Gasteiger partial charge is 0.250 e. The number of ether oxygens (including phenoxy) is 1. The maximum absolute atomic E-state index is 12.4. The van der Waals surface area contributed by atoms with E-state index in [9.17, 15) is 9.90 Å². The molecule has 0 radical (unpaired) electrons. The van der Waals surface area contributed by atoms with Crippen LogP contribution >= 0.6 is 11.8 Å². The molecule has 172 valence electrons. The van der Waals surface area contributed by atoms with E-state index >= 15 is 0 Å². The Balaban J connectivity index is 1.53. The number of para-hydroxylation sites is 1. The van der Waals surface area contributed by atoms with E-state index in [0.29, 0.717) is 16.5 Å². The molecule has 9 heteroatoms. The summed E-state index contributed by atoms with van der Waals surface area (Å²) in [5.74, 6) is 1.28. The van der Waals surface area contributed by atoms with Gasteiger partial charge in [-0.1, -0.05) is 53.7 Å². The average molecular weight is 474 g/mol. The van der Waals surface area contributed by atoms with E-state index in [4.69, 9.17) is 4.74 Å². The first kappa shape index (κ1) is 23.1. The topological polar surface area (TPSA) is 102 Å². The number of carbonyl (C=O) groups excluding carboxylic acids is 1. The predicted octanol–water partition coefficient (Wildman–Crippen LogP) is 4.20. The Labute approximate surface area is 201 Å². The molecule has 0 atom stereocenters. The number of methoxy groups -OCH3 is 1. The lowest BCUT2D eigenvalue weighted by atomic mass is 10.1. The molecule has 8 nitrogen and oxygen atoms in total. The molecule has 2 N–H and O–H groups in total. The van der Waals surface area contributed by atoms with E-state index in [2.05, 4.69) is 20.7 Å². The second-order valence-electron chi connectivity index (χ2n) is 7.35.